The Morgan fingerprint density at radius 3 is 2.77 bits per heavy atom. The summed E-state index contributed by atoms with van der Waals surface area (Å²) in [5, 5.41) is 16.2. The molecule has 2 rings (SSSR count). The normalized spacial score (nSPS) is 20.0. The van der Waals surface area contributed by atoms with Crippen LogP contribution in [0.1, 0.15) is 65.0 Å². The topological polar surface area (TPSA) is 65.9 Å². The molecule has 0 saturated heterocycles. The van der Waals surface area contributed by atoms with E-state index in [1.165, 1.54) is 5.56 Å². The molecule has 1 heterocycles. The van der Waals surface area contributed by atoms with Crippen LogP contribution in [-0.2, 0) is 0 Å². The minimum Gasteiger partial charge on any atom is -0.487 e. The van der Waals surface area contributed by atoms with Gasteiger partial charge in [0.15, 0.2) is 5.96 Å². The van der Waals surface area contributed by atoms with Gasteiger partial charge in [-0.25, -0.2) is 0 Å². The van der Waals surface area contributed by atoms with Crippen LogP contribution in [0.3, 0.4) is 0 Å². The second-order valence-electron chi connectivity index (χ2n) is 7.69. The smallest absolute Gasteiger partial charge is 0.191 e. The fourth-order valence-corrected chi connectivity index (χ4v) is 3.55. The zero-order chi connectivity index (χ0) is 19.0. The predicted octanol–water partition coefficient (Wildman–Crippen LogP) is 3.64. The van der Waals surface area contributed by atoms with Crippen LogP contribution < -0.4 is 15.4 Å². The predicted molar refractivity (Wildman–Crippen MR) is 108 cm³/mol. The zero-order valence-corrected chi connectivity index (χ0v) is 16.7. The van der Waals surface area contributed by atoms with E-state index in [4.69, 9.17) is 9.73 Å². The lowest BCUT2D eigenvalue weighted by Crippen LogP contribution is -2.45. The summed E-state index contributed by atoms with van der Waals surface area (Å²) in [7, 11) is 0. The summed E-state index contributed by atoms with van der Waals surface area (Å²) in [6, 6.07) is 8.39. The second-order valence-corrected chi connectivity index (χ2v) is 7.69. The molecular weight excluding hydrogens is 326 g/mol. The number of aliphatic hydroxyl groups is 1. The Balaban J connectivity index is 2.14. The molecule has 0 aliphatic carbocycles. The third-order valence-corrected chi connectivity index (χ3v) is 4.77. The number of para-hydroxylation sites is 1. The number of nitrogens with zero attached hydrogens (tertiary/aromatic N) is 1. The van der Waals surface area contributed by atoms with E-state index >= 15 is 0 Å². The lowest BCUT2D eigenvalue weighted by Gasteiger charge is -2.38. The fraction of sp³-hybridized carbons (Fsp3) is 0.667. The molecule has 0 saturated carbocycles. The molecule has 0 aromatic heterocycles. The van der Waals surface area contributed by atoms with Gasteiger partial charge in [-0.05, 0) is 45.6 Å². The Hall–Kier alpha value is -1.75. The highest BCUT2D eigenvalue weighted by molar-refractivity contribution is 5.80. The number of rotatable bonds is 8. The summed E-state index contributed by atoms with van der Waals surface area (Å²) < 4.78 is 6.13. The first-order valence-electron chi connectivity index (χ1n) is 9.92. The van der Waals surface area contributed by atoms with Crippen molar-refractivity contribution in [3.05, 3.63) is 29.8 Å². The van der Waals surface area contributed by atoms with Gasteiger partial charge in [0.2, 0.25) is 0 Å². The first-order chi connectivity index (χ1) is 12.5. The monoisotopic (exact) mass is 361 g/mol. The van der Waals surface area contributed by atoms with Crippen molar-refractivity contribution >= 4 is 5.96 Å². The SMILES string of the molecule is CCCC(CCO)CN=C(NCC)NC1CC(C)(C)Oc2ccccc21. The molecule has 5 heteroatoms. The maximum absolute atomic E-state index is 9.27. The van der Waals surface area contributed by atoms with E-state index in [0.29, 0.717) is 5.92 Å². The van der Waals surface area contributed by atoms with Crippen molar-refractivity contribution in [1.82, 2.24) is 10.6 Å². The van der Waals surface area contributed by atoms with E-state index in [1.807, 2.05) is 12.1 Å². The maximum atomic E-state index is 9.27. The van der Waals surface area contributed by atoms with Crippen LogP contribution >= 0.6 is 0 Å². The first-order valence-corrected chi connectivity index (χ1v) is 9.92. The molecule has 0 fully saturated rings. The average Bonchev–Trinajstić information content (AvgIpc) is 2.59. The molecule has 2 atom stereocenters. The molecule has 2 unspecified atom stereocenters. The van der Waals surface area contributed by atoms with Crippen LogP contribution in [0, 0.1) is 5.92 Å². The number of hydrogen-bond donors (Lipinski definition) is 3. The average molecular weight is 362 g/mol. The summed E-state index contributed by atoms with van der Waals surface area (Å²) in [5.41, 5.74) is 0.961. The molecule has 1 aromatic carbocycles. The number of benzene rings is 1. The number of ether oxygens (including phenoxy) is 1. The highest BCUT2D eigenvalue weighted by Crippen LogP contribution is 2.39. The molecule has 0 bridgehead atoms. The van der Waals surface area contributed by atoms with Gasteiger partial charge in [-0.2, -0.15) is 0 Å². The van der Waals surface area contributed by atoms with Gasteiger partial charge in [0, 0.05) is 31.7 Å². The van der Waals surface area contributed by atoms with Gasteiger partial charge >= 0.3 is 0 Å². The number of nitrogens with one attached hydrogen (secondary N) is 2. The van der Waals surface area contributed by atoms with Gasteiger partial charge in [0.25, 0.3) is 0 Å². The molecule has 1 aliphatic rings. The molecule has 0 radical (unpaired) electrons. The number of guanidine groups is 1. The third-order valence-electron chi connectivity index (χ3n) is 4.77. The lowest BCUT2D eigenvalue weighted by atomic mass is 9.90. The van der Waals surface area contributed by atoms with Gasteiger partial charge in [-0.15, -0.1) is 0 Å². The highest BCUT2D eigenvalue weighted by Gasteiger charge is 2.33. The summed E-state index contributed by atoms with van der Waals surface area (Å²) in [4.78, 5) is 4.81. The molecular formula is C21H35N3O2. The van der Waals surface area contributed by atoms with Crippen molar-refractivity contribution in [2.45, 2.75) is 65.0 Å². The van der Waals surface area contributed by atoms with Gasteiger partial charge in [-0.1, -0.05) is 31.5 Å². The quantitative estimate of drug-likeness (QED) is 0.488. The first kappa shape index (κ1) is 20.6. The van der Waals surface area contributed by atoms with Gasteiger partial charge in [0.05, 0.1) is 6.04 Å². The number of fused-ring (bicyclic) bond motifs is 1. The summed E-state index contributed by atoms with van der Waals surface area (Å²) in [6.07, 6.45) is 3.90. The minimum atomic E-state index is -0.217. The van der Waals surface area contributed by atoms with Crippen molar-refractivity contribution in [2.24, 2.45) is 10.9 Å². The summed E-state index contributed by atoms with van der Waals surface area (Å²) >= 11 is 0. The van der Waals surface area contributed by atoms with Crippen molar-refractivity contribution in [3.8, 4) is 5.75 Å². The molecule has 1 aliphatic heterocycles. The van der Waals surface area contributed by atoms with Crippen molar-refractivity contribution < 1.29 is 9.84 Å². The van der Waals surface area contributed by atoms with Crippen molar-refractivity contribution in [1.29, 1.82) is 0 Å². The molecule has 3 N–H and O–H groups in total. The third kappa shape index (κ3) is 5.90. The Kier molecular flexibility index (Phi) is 7.76. The largest absolute Gasteiger partial charge is 0.487 e. The van der Waals surface area contributed by atoms with Crippen LogP contribution in [0.4, 0.5) is 0 Å². The van der Waals surface area contributed by atoms with E-state index in [1.54, 1.807) is 0 Å². The van der Waals surface area contributed by atoms with Crippen LogP contribution in [0.5, 0.6) is 5.75 Å². The Labute approximate surface area is 158 Å². The van der Waals surface area contributed by atoms with E-state index in [2.05, 4.69) is 50.5 Å². The number of hydrogen-bond acceptors (Lipinski definition) is 3. The summed E-state index contributed by atoms with van der Waals surface area (Å²) in [6.45, 7) is 10.3. The van der Waals surface area contributed by atoms with Crippen LogP contribution in [-0.4, -0.2) is 36.4 Å². The number of aliphatic imine (C=N–C) groups is 1. The number of aliphatic hydroxyl groups excluding tert-OH is 1. The van der Waals surface area contributed by atoms with Crippen molar-refractivity contribution in [2.75, 3.05) is 19.7 Å². The molecule has 0 amide bonds. The molecule has 146 valence electrons. The van der Waals surface area contributed by atoms with E-state index < -0.39 is 0 Å². The second kappa shape index (κ2) is 9.81. The van der Waals surface area contributed by atoms with E-state index in [0.717, 1.165) is 50.5 Å². The van der Waals surface area contributed by atoms with Gasteiger partial charge < -0.3 is 20.5 Å². The minimum absolute atomic E-state index is 0.162. The molecule has 0 spiro atoms. The van der Waals surface area contributed by atoms with E-state index in [-0.39, 0.29) is 18.2 Å². The fourth-order valence-electron chi connectivity index (χ4n) is 3.55. The van der Waals surface area contributed by atoms with Crippen molar-refractivity contribution in [3.63, 3.8) is 0 Å². The lowest BCUT2D eigenvalue weighted by molar-refractivity contribution is 0.0694. The molecule has 26 heavy (non-hydrogen) atoms. The Morgan fingerprint density at radius 2 is 2.08 bits per heavy atom. The highest BCUT2D eigenvalue weighted by atomic mass is 16.5. The van der Waals surface area contributed by atoms with Gasteiger partial charge in [-0.3, -0.25) is 4.99 Å². The maximum Gasteiger partial charge on any atom is 0.191 e. The van der Waals surface area contributed by atoms with Crippen LogP contribution in [0.25, 0.3) is 0 Å². The zero-order valence-electron chi connectivity index (χ0n) is 16.7. The van der Waals surface area contributed by atoms with Gasteiger partial charge in [0.1, 0.15) is 11.4 Å². The van der Waals surface area contributed by atoms with E-state index in [9.17, 15) is 5.11 Å². The summed E-state index contributed by atoms with van der Waals surface area (Å²) in [5.74, 6) is 2.21. The molecule has 5 nitrogen and oxygen atoms in total. The standard InChI is InChI=1S/C21H35N3O2/c1-5-9-16(12-13-25)15-23-20(22-6-2)24-18-14-21(3,4)26-19-11-8-7-10-17(18)19/h7-8,10-11,16,18,25H,5-6,9,12-15H2,1-4H3,(H2,22,23,24). The Bertz CT molecular complexity index is 580. The Morgan fingerprint density at radius 1 is 1.31 bits per heavy atom. The van der Waals surface area contributed by atoms with Crippen LogP contribution in [0.15, 0.2) is 29.3 Å². The molecule has 1 aromatic rings. The van der Waals surface area contributed by atoms with Crippen LogP contribution in [0.2, 0.25) is 0 Å².